The third kappa shape index (κ3) is 2.19. The van der Waals surface area contributed by atoms with Crippen LogP contribution in [0.4, 0.5) is 5.69 Å². The van der Waals surface area contributed by atoms with Crippen LogP contribution in [0.2, 0.25) is 0 Å². The van der Waals surface area contributed by atoms with Gasteiger partial charge in [-0.25, -0.2) is 0 Å². The molecule has 0 saturated heterocycles. The van der Waals surface area contributed by atoms with Crippen LogP contribution >= 0.6 is 0 Å². The fourth-order valence-corrected chi connectivity index (χ4v) is 2.70. The average molecular weight is 290 g/mol. The summed E-state index contributed by atoms with van der Waals surface area (Å²) in [5, 5.41) is 3.96. The molecule has 4 rings (SSSR count). The summed E-state index contributed by atoms with van der Waals surface area (Å²) in [4.78, 5) is 16.2. The van der Waals surface area contributed by atoms with Gasteiger partial charge >= 0.3 is 0 Å². The van der Waals surface area contributed by atoms with Crippen LogP contribution in [0.15, 0.2) is 54.7 Å². The highest BCUT2D eigenvalue weighted by Gasteiger charge is 2.18. The highest BCUT2D eigenvalue weighted by molar-refractivity contribution is 5.95. The van der Waals surface area contributed by atoms with Gasteiger partial charge in [0.05, 0.1) is 24.2 Å². The quantitative estimate of drug-likeness (QED) is 0.744. The Bertz CT molecular complexity index is 874. The fraction of sp³-hybridized carbons (Fsp3) is 0.111. The van der Waals surface area contributed by atoms with Gasteiger partial charge < -0.3 is 10.1 Å². The van der Waals surface area contributed by atoms with E-state index in [2.05, 4.69) is 16.4 Å². The molecule has 0 fully saturated rings. The van der Waals surface area contributed by atoms with Gasteiger partial charge in [0.2, 0.25) is 5.91 Å². The topological polar surface area (TPSA) is 51.2 Å². The lowest BCUT2D eigenvalue weighted by Crippen LogP contribution is -2.10. The van der Waals surface area contributed by atoms with Gasteiger partial charge in [0, 0.05) is 22.7 Å². The maximum Gasteiger partial charge on any atom is 0.227 e. The zero-order valence-corrected chi connectivity index (χ0v) is 11.9. The van der Waals surface area contributed by atoms with Gasteiger partial charge in [0.25, 0.3) is 0 Å². The first-order chi connectivity index (χ1) is 10.8. The van der Waals surface area contributed by atoms with E-state index >= 15 is 0 Å². The molecule has 2 heterocycles. The molecule has 0 aliphatic carbocycles. The Balaban J connectivity index is 1.88. The second kappa shape index (κ2) is 5.15. The van der Waals surface area contributed by atoms with Crippen molar-refractivity contribution in [2.24, 2.45) is 0 Å². The number of ether oxygens (including phenoxy) is 1. The lowest BCUT2D eigenvalue weighted by Gasteiger charge is -2.13. The molecule has 0 radical (unpaired) electrons. The van der Waals surface area contributed by atoms with Crippen LogP contribution in [-0.4, -0.2) is 17.5 Å². The molecule has 1 N–H and O–H groups in total. The molecule has 3 aromatic rings. The Morgan fingerprint density at radius 2 is 2.00 bits per heavy atom. The smallest absolute Gasteiger partial charge is 0.227 e. The number of anilines is 1. The van der Waals surface area contributed by atoms with Crippen molar-refractivity contribution in [3.63, 3.8) is 0 Å². The lowest BCUT2D eigenvalue weighted by molar-refractivity contribution is -0.116. The number of hydrogen-bond donors (Lipinski definition) is 1. The van der Waals surface area contributed by atoms with Gasteiger partial charge in [-0.15, -0.1) is 0 Å². The SMILES string of the molecule is O=C1CCOc2c(cccc2-c2cnc3ccccc3c2)N1. The summed E-state index contributed by atoms with van der Waals surface area (Å²) in [5.41, 5.74) is 3.60. The summed E-state index contributed by atoms with van der Waals surface area (Å²) < 4.78 is 5.81. The Morgan fingerprint density at radius 3 is 2.95 bits per heavy atom. The molecule has 0 spiro atoms. The zero-order valence-electron chi connectivity index (χ0n) is 11.9. The van der Waals surface area contributed by atoms with Crippen LogP contribution in [0.1, 0.15) is 6.42 Å². The zero-order chi connectivity index (χ0) is 14.9. The first kappa shape index (κ1) is 12.8. The van der Waals surface area contributed by atoms with Gasteiger partial charge in [-0.05, 0) is 18.2 Å². The van der Waals surface area contributed by atoms with E-state index < -0.39 is 0 Å². The van der Waals surface area contributed by atoms with Crippen molar-refractivity contribution in [1.82, 2.24) is 4.98 Å². The molecule has 1 amide bonds. The van der Waals surface area contributed by atoms with Crippen molar-refractivity contribution < 1.29 is 9.53 Å². The van der Waals surface area contributed by atoms with Gasteiger partial charge in [-0.2, -0.15) is 0 Å². The van der Waals surface area contributed by atoms with Crippen molar-refractivity contribution in [2.45, 2.75) is 6.42 Å². The summed E-state index contributed by atoms with van der Waals surface area (Å²) in [5.74, 6) is 0.693. The molecular formula is C18H14N2O2. The predicted molar refractivity (Wildman–Crippen MR) is 85.9 cm³/mol. The van der Waals surface area contributed by atoms with Crippen LogP contribution in [0.5, 0.6) is 5.75 Å². The number of hydrogen-bond acceptors (Lipinski definition) is 3. The highest BCUT2D eigenvalue weighted by atomic mass is 16.5. The molecule has 1 aromatic heterocycles. The number of para-hydroxylation sites is 2. The monoisotopic (exact) mass is 290 g/mol. The number of amides is 1. The van der Waals surface area contributed by atoms with E-state index in [4.69, 9.17) is 4.74 Å². The molecule has 22 heavy (non-hydrogen) atoms. The summed E-state index contributed by atoms with van der Waals surface area (Å²) >= 11 is 0. The fourth-order valence-electron chi connectivity index (χ4n) is 2.70. The number of fused-ring (bicyclic) bond motifs is 2. The van der Waals surface area contributed by atoms with Crippen LogP contribution in [0.25, 0.3) is 22.0 Å². The summed E-state index contributed by atoms with van der Waals surface area (Å²) in [6.07, 6.45) is 2.21. The van der Waals surface area contributed by atoms with Gasteiger partial charge in [-0.3, -0.25) is 9.78 Å². The highest BCUT2D eigenvalue weighted by Crippen LogP contribution is 2.38. The maximum absolute atomic E-state index is 11.7. The molecular weight excluding hydrogens is 276 g/mol. The van der Waals surface area contributed by atoms with Crippen LogP contribution in [0, 0.1) is 0 Å². The van der Waals surface area contributed by atoms with Gasteiger partial charge in [-0.1, -0.05) is 30.3 Å². The van der Waals surface area contributed by atoms with Crippen LogP contribution in [-0.2, 0) is 4.79 Å². The molecule has 4 heteroatoms. The van der Waals surface area contributed by atoms with E-state index in [1.807, 2.05) is 48.7 Å². The second-order valence-corrected chi connectivity index (χ2v) is 5.25. The first-order valence-electron chi connectivity index (χ1n) is 7.22. The van der Waals surface area contributed by atoms with E-state index in [0.717, 1.165) is 22.0 Å². The Kier molecular flexibility index (Phi) is 3.00. The normalized spacial score (nSPS) is 13.9. The summed E-state index contributed by atoms with van der Waals surface area (Å²) in [6.45, 7) is 0.386. The minimum absolute atomic E-state index is 0.0208. The van der Waals surface area contributed by atoms with Crippen LogP contribution < -0.4 is 10.1 Å². The third-order valence-corrected chi connectivity index (χ3v) is 3.77. The Hall–Kier alpha value is -2.88. The van der Waals surface area contributed by atoms with E-state index in [-0.39, 0.29) is 5.91 Å². The van der Waals surface area contributed by atoms with Crippen LogP contribution in [0.3, 0.4) is 0 Å². The Labute approximate surface area is 127 Å². The van der Waals surface area contributed by atoms with Crippen molar-refractivity contribution in [2.75, 3.05) is 11.9 Å². The number of nitrogens with zero attached hydrogens (tertiary/aromatic N) is 1. The number of pyridine rings is 1. The standard InChI is InChI=1S/C18H14N2O2/c21-17-8-9-22-18-14(5-3-7-16(18)20-17)13-10-12-4-1-2-6-15(12)19-11-13/h1-7,10-11H,8-9H2,(H,20,21). The summed E-state index contributed by atoms with van der Waals surface area (Å²) in [7, 11) is 0. The molecule has 0 bridgehead atoms. The lowest BCUT2D eigenvalue weighted by atomic mass is 10.0. The van der Waals surface area contributed by atoms with Crippen molar-refractivity contribution in [1.29, 1.82) is 0 Å². The number of nitrogens with one attached hydrogen (secondary N) is 1. The summed E-state index contributed by atoms with van der Waals surface area (Å²) in [6, 6.07) is 15.8. The molecule has 0 atom stereocenters. The van der Waals surface area contributed by atoms with E-state index in [9.17, 15) is 4.79 Å². The van der Waals surface area contributed by atoms with Crippen molar-refractivity contribution >= 4 is 22.5 Å². The van der Waals surface area contributed by atoms with Gasteiger partial charge in [0.15, 0.2) is 5.75 Å². The minimum atomic E-state index is -0.0208. The second-order valence-electron chi connectivity index (χ2n) is 5.25. The Morgan fingerprint density at radius 1 is 1.09 bits per heavy atom. The molecule has 108 valence electrons. The molecule has 0 unspecified atom stereocenters. The molecule has 1 aliphatic heterocycles. The average Bonchev–Trinajstić information content (AvgIpc) is 2.74. The number of benzene rings is 2. The van der Waals surface area contributed by atoms with Gasteiger partial charge in [0.1, 0.15) is 0 Å². The molecule has 2 aromatic carbocycles. The predicted octanol–water partition coefficient (Wildman–Crippen LogP) is 3.62. The van der Waals surface area contributed by atoms with E-state index in [1.54, 1.807) is 0 Å². The van der Waals surface area contributed by atoms with E-state index in [1.165, 1.54) is 0 Å². The molecule has 1 aliphatic rings. The van der Waals surface area contributed by atoms with Crippen molar-refractivity contribution in [3.05, 3.63) is 54.7 Å². The maximum atomic E-state index is 11.7. The third-order valence-electron chi connectivity index (χ3n) is 3.77. The first-order valence-corrected chi connectivity index (χ1v) is 7.22. The number of carbonyl (C=O) groups excluding carboxylic acids is 1. The minimum Gasteiger partial charge on any atom is -0.490 e. The number of carbonyl (C=O) groups is 1. The largest absolute Gasteiger partial charge is 0.490 e. The van der Waals surface area contributed by atoms with E-state index in [0.29, 0.717) is 24.5 Å². The number of rotatable bonds is 1. The molecule has 0 saturated carbocycles. The molecule has 4 nitrogen and oxygen atoms in total. The number of aromatic nitrogens is 1. The van der Waals surface area contributed by atoms with Crippen molar-refractivity contribution in [3.8, 4) is 16.9 Å².